The number of carboxylic acids is 1. The van der Waals surface area contributed by atoms with Gasteiger partial charge in [-0.05, 0) is 23.3 Å². The first kappa shape index (κ1) is 33.8. The number of alkyl halides is 3. The number of methoxy groups -OCH3 is 1. The lowest BCUT2D eigenvalue weighted by atomic mass is 9.76. The van der Waals surface area contributed by atoms with Crippen LogP contribution >= 0.6 is 0 Å². The topological polar surface area (TPSA) is 133 Å². The monoisotopic (exact) mass is 639 g/mol. The second-order valence-electron chi connectivity index (χ2n) is 11.0. The number of hydrogen-bond acceptors (Lipinski definition) is 7. The first-order chi connectivity index (χ1) is 21.8. The number of carbonyl (C=O) groups excluding carboxylic acids is 4. The van der Waals surface area contributed by atoms with Crippen molar-refractivity contribution in [3.63, 3.8) is 0 Å². The predicted molar refractivity (Wildman–Crippen MR) is 158 cm³/mol. The Balaban J connectivity index is 0.000000617. The van der Waals surface area contributed by atoms with Crippen LogP contribution in [0.15, 0.2) is 91.0 Å². The second-order valence-corrected chi connectivity index (χ2v) is 11.0. The van der Waals surface area contributed by atoms with E-state index in [-0.39, 0.29) is 31.3 Å². The fraction of sp³-hybridized carbons (Fsp3) is 0.303. The van der Waals surface area contributed by atoms with E-state index < -0.39 is 47.4 Å². The van der Waals surface area contributed by atoms with Crippen LogP contribution in [0.25, 0.3) is 0 Å². The van der Waals surface area contributed by atoms with Gasteiger partial charge in [-0.1, -0.05) is 78.9 Å². The smallest absolute Gasteiger partial charge is 0.475 e. The van der Waals surface area contributed by atoms with E-state index in [1.807, 2.05) is 66.7 Å². The van der Waals surface area contributed by atoms with Gasteiger partial charge in [-0.25, -0.2) is 4.79 Å². The maximum Gasteiger partial charge on any atom is 0.490 e. The third-order valence-electron chi connectivity index (χ3n) is 7.99. The molecule has 2 fully saturated rings. The summed E-state index contributed by atoms with van der Waals surface area (Å²) in [5, 5.41) is 10.5. The fourth-order valence-electron chi connectivity index (χ4n) is 5.96. The lowest BCUT2D eigenvalue weighted by Gasteiger charge is -2.33. The van der Waals surface area contributed by atoms with Gasteiger partial charge < -0.3 is 14.7 Å². The third kappa shape index (κ3) is 7.09. The Labute approximate surface area is 262 Å². The van der Waals surface area contributed by atoms with Crippen molar-refractivity contribution in [3.05, 3.63) is 108 Å². The number of imide groups is 1. The third-order valence-corrected chi connectivity index (χ3v) is 7.99. The summed E-state index contributed by atoms with van der Waals surface area (Å²) in [4.78, 5) is 66.3. The summed E-state index contributed by atoms with van der Waals surface area (Å²) in [6, 6.07) is 26.8. The molecule has 5 rings (SSSR count). The summed E-state index contributed by atoms with van der Waals surface area (Å²) in [6.07, 6.45) is -4.92. The summed E-state index contributed by atoms with van der Waals surface area (Å²) in [6.45, 7) is 0.236. The number of rotatable bonds is 8. The van der Waals surface area contributed by atoms with Crippen molar-refractivity contribution in [1.29, 1.82) is 0 Å². The van der Waals surface area contributed by atoms with Gasteiger partial charge in [-0.2, -0.15) is 13.2 Å². The Bertz CT molecular complexity index is 1570. The summed E-state index contributed by atoms with van der Waals surface area (Å²) >= 11 is 0. The van der Waals surface area contributed by atoms with E-state index in [1.165, 1.54) is 16.9 Å². The lowest BCUT2D eigenvalue weighted by Crippen LogP contribution is -2.59. The van der Waals surface area contributed by atoms with Crippen LogP contribution in [0.1, 0.15) is 21.5 Å². The van der Waals surface area contributed by atoms with Crippen molar-refractivity contribution >= 4 is 29.7 Å². The molecule has 0 radical (unpaired) electrons. The van der Waals surface area contributed by atoms with Crippen LogP contribution in [-0.2, 0) is 36.9 Å². The molecular formula is C33H32F3N3O7. The molecule has 242 valence electrons. The number of hydrogen-bond donors (Lipinski definition) is 2. The zero-order valence-electron chi connectivity index (χ0n) is 24.9. The summed E-state index contributed by atoms with van der Waals surface area (Å²) < 4.78 is 37.0. The first-order valence-corrected chi connectivity index (χ1v) is 14.2. The molecule has 2 N–H and O–H groups in total. The van der Waals surface area contributed by atoms with Crippen LogP contribution in [0, 0.1) is 11.8 Å². The lowest BCUT2D eigenvalue weighted by molar-refractivity contribution is -0.192. The molecular weight excluding hydrogens is 607 g/mol. The number of carboxylic acid groups (broad SMARTS) is 1. The van der Waals surface area contributed by atoms with Gasteiger partial charge in [0.15, 0.2) is 0 Å². The van der Waals surface area contributed by atoms with E-state index in [4.69, 9.17) is 14.6 Å². The standard InChI is InChI=1S/C31H31N3O5.C2HF3O2/c1-33(27(35)23-16-10-5-11-17-23)20-24-25-26(29(37)34(28(25)36)19-22-14-8-4-9-15-22)31(32-24,30(38)39-2)18-21-12-6-3-7-13-21;3-2(4,5)1(6)7/h3-17,24-26,32H,18-20H2,1-2H3;(H,6,7)/t24-,25+,26-,31-;/m1./s1. The Hall–Kier alpha value is -5.04. The molecule has 10 nitrogen and oxygen atoms in total. The van der Waals surface area contributed by atoms with Gasteiger partial charge in [0.05, 0.1) is 25.5 Å². The number of esters is 1. The molecule has 46 heavy (non-hydrogen) atoms. The second kappa shape index (κ2) is 13.9. The highest BCUT2D eigenvalue weighted by molar-refractivity contribution is 6.09. The number of likely N-dealkylation sites (tertiary alicyclic amines) is 1. The normalized spacial score (nSPS) is 22.0. The Morgan fingerprint density at radius 1 is 0.891 bits per heavy atom. The average molecular weight is 640 g/mol. The van der Waals surface area contributed by atoms with E-state index in [0.717, 1.165) is 11.1 Å². The molecule has 0 saturated carbocycles. The van der Waals surface area contributed by atoms with Crippen LogP contribution < -0.4 is 5.32 Å². The van der Waals surface area contributed by atoms with Crippen molar-refractivity contribution in [2.24, 2.45) is 11.8 Å². The quantitative estimate of drug-likeness (QED) is 0.284. The van der Waals surface area contributed by atoms with Crippen LogP contribution in [0.2, 0.25) is 0 Å². The van der Waals surface area contributed by atoms with Gasteiger partial charge in [-0.3, -0.25) is 29.4 Å². The minimum atomic E-state index is -5.08. The first-order valence-electron chi connectivity index (χ1n) is 14.2. The average Bonchev–Trinajstić information content (AvgIpc) is 3.50. The number of aliphatic carboxylic acids is 1. The molecule has 13 heteroatoms. The Kier molecular flexibility index (Phi) is 10.3. The van der Waals surface area contributed by atoms with E-state index in [9.17, 15) is 32.3 Å². The minimum absolute atomic E-state index is 0.111. The highest BCUT2D eigenvalue weighted by atomic mass is 19.4. The van der Waals surface area contributed by atoms with E-state index in [0.29, 0.717) is 5.56 Å². The maximum atomic E-state index is 14.0. The molecule has 2 heterocycles. The molecule has 3 aromatic rings. The molecule has 3 aromatic carbocycles. The summed E-state index contributed by atoms with van der Waals surface area (Å²) in [5.41, 5.74) is 0.676. The number of likely N-dealkylation sites (N-methyl/N-ethyl adjacent to an activating group) is 1. The van der Waals surface area contributed by atoms with Gasteiger partial charge in [0.25, 0.3) is 5.91 Å². The summed E-state index contributed by atoms with van der Waals surface area (Å²) in [5.74, 6) is -6.17. The van der Waals surface area contributed by atoms with Crippen LogP contribution in [0.4, 0.5) is 13.2 Å². The van der Waals surface area contributed by atoms with Crippen molar-refractivity contribution in [2.45, 2.75) is 30.7 Å². The van der Waals surface area contributed by atoms with Gasteiger partial charge in [-0.15, -0.1) is 0 Å². The SMILES string of the molecule is COC(=O)[C@]1(Cc2ccccc2)N[C@H](CN(C)C(=O)c2ccccc2)[C@@H]2C(=O)N(Cc3ccccc3)C(=O)[C@@H]21.O=C(O)C(F)(F)F. The fourth-order valence-corrected chi connectivity index (χ4v) is 5.96. The zero-order chi connectivity index (χ0) is 33.6. The Morgan fingerprint density at radius 2 is 1.39 bits per heavy atom. The molecule has 0 unspecified atom stereocenters. The van der Waals surface area contributed by atoms with Crippen LogP contribution in [0.5, 0.6) is 0 Å². The van der Waals surface area contributed by atoms with Crippen molar-refractivity contribution in [1.82, 2.24) is 15.1 Å². The van der Waals surface area contributed by atoms with Gasteiger partial charge >= 0.3 is 18.1 Å². The molecule has 4 atom stereocenters. The summed E-state index contributed by atoms with van der Waals surface area (Å²) in [7, 11) is 2.94. The predicted octanol–water partition coefficient (Wildman–Crippen LogP) is 3.32. The number of nitrogens with zero attached hydrogens (tertiary/aromatic N) is 2. The highest BCUT2D eigenvalue weighted by Gasteiger charge is 2.68. The van der Waals surface area contributed by atoms with E-state index in [2.05, 4.69) is 5.32 Å². The number of carbonyl (C=O) groups is 5. The molecule has 0 spiro atoms. The van der Waals surface area contributed by atoms with Gasteiger partial charge in [0.1, 0.15) is 5.54 Å². The van der Waals surface area contributed by atoms with Crippen LogP contribution in [0.3, 0.4) is 0 Å². The van der Waals surface area contributed by atoms with Gasteiger partial charge in [0, 0.05) is 31.6 Å². The number of nitrogens with one attached hydrogen (secondary N) is 1. The van der Waals surface area contributed by atoms with E-state index in [1.54, 1.807) is 31.3 Å². The Morgan fingerprint density at radius 3 is 1.89 bits per heavy atom. The van der Waals surface area contributed by atoms with Crippen molar-refractivity contribution < 1.29 is 47.0 Å². The number of ether oxygens (including phenoxy) is 1. The van der Waals surface area contributed by atoms with Crippen molar-refractivity contribution in [2.75, 3.05) is 20.7 Å². The maximum absolute atomic E-state index is 14.0. The molecule has 0 bridgehead atoms. The number of halogens is 3. The largest absolute Gasteiger partial charge is 0.490 e. The molecule has 2 aliphatic heterocycles. The molecule has 3 amide bonds. The molecule has 2 saturated heterocycles. The van der Waals surface area contributed by atoms with Crippen LogP contribution in [-0.4, -0.2) is 83.0 Å². The number of benzene rings is 3. The molecule has 0 aromatic heterocycles. The number of amides is 3. The van der Waals surface area contributed by atoms with E-state index >= 15 is 0 Å². The number of fused-ring (bicyclic) bond motifs is 1. The molecule has 2 aliphatic rings. The molecule has 0 aliphatic carbocycles. The highest BCUT2D eigenvalue weighted by Crippen LogP contribution is 2.45. The minimum Gasteiger partial charge on any atom is -0.475 e. The van der Waals surface area contributed by atoms with Crippen molar-refractivity contribution in [3.8, 4) is 0 Å². The van der Waals surface area contributed by atoms with Gasteiger partial charge in [0.2, 0.25) is 11.8 Å². The zero-order valence-corrected chi connectivity index (χ0v) is 24.9.